The zero-order chi connectivity index (χ0) is 13.4. The zero-order valence-corrected chi connectivity index (χ0v) is 11.0. The average Bonchev–Trinajstić information content (AvgIpc) is 2.55. The molecule has 2 aliphatic rings. The van der Waals surface area contributed by atoms with Crippen LogP contribution in [0.25, 0.3) is 0 Å². The van der Waals surface area contributed by atoms with E-state index in [4.69, 9.17) is 9.47 Å². The van der Waals surface area contributed by atoms with Crippen molar-refractivity contribution in [1.82, 2.24) is 0 Å². The van der Waals surface area contributed by atoms with Crippen LogP contribution in [0.15, 0.2) is 23.8 Å². The van der Waals surface area contributed by atoms with Gasteiger partial charge in [-0.2, -0.15) is 0 Å². The molecule has 0 bridgehead atoms. The molecular weight excluding hydrogens is 232 g/mol. The van der Waals surface area contributed by atoms with Crippen molar-refractivity contribution in [3.63, 3.8) is 0 Å². The molecule has 0 aromatic carbocycles. The highest BCUT2D eigenvalue weighted by Gasteiger charge is 2.41. The molecule has 4 nitrogen and oxygen atoms in total. The van der Waals surface area contributed by atoms with Gasteiger partial charge in [-0.1, -0.05) is 0 Å². The van der Waals surface area contributed by atoms with Gasteiger partial charge in [0.2, 0.25) is 0 Å². The molecule has 4 heteroatoms. The first kappa shape index (κ1) is 13.2. The van der Waals surface area contributed by atoms with Gasteiger partial charge in [0, 0.05) is 5.57 Å². The third-order valence-corrected chi connectivity index (χ3v) is 3.17. The molecule has 1 fully saturated rings. The molecule has 1 atom stereocenters. The minimum atomic E-state index is -0.574. The van der Waals surface area contributed by atoms with Crippen LogP contribution in [0.4, 0.5) is 0 Å². The van der Waals surface area contributed by atoms with Gasteiger partial charge in [0.15, 0.2) is 17.4 Å². The molecule has 0 radical (unpaired) electrons. The van der Waals surface area contributed by atoms with Gasteiger partial charge < -0.3 is 9.47 Å². The standard InChI is InChI=1S/C14H18O4/c1-13(2)17-9-14(3,18-13)7-6-10-8-11(15)4-5-12(10)16/h4-5,8H,6-7,9H2,1-3H3/t14-/m0/s1. The van der Waals surface area contributed by atoms with Crippen molar-refractivity contribution in [2.45, 2.75) is 45.0 Å². The molecule has 0 unspecified atom stereocenters. The van der Waals surface area contributed by atoms with Crippen molar-refractivity contribution in [3.05, 3.63) is 23.8 Å². The normalized spacial score (nSPS) is 30.7. The Bertz CT molecular complexity index is 445. The van der Waals surface area contributed by atoms with Gasteiger partial charge in [0.05, 0.1) is 12.2 Å². The highest BCUT2D eigenvalue weighted by molar-refractivity contribution is 6.17. The Morgan fingerprint density at radius 1 is 1.22 bits per heavy atom. The van der Waals surface area contributed by atoms with Crippen LogP contribution < -0.4 is 0 Å². The summed E-state index contributed by atoms with van der Waals surface area (Å²) in [7, 11) is 0. The van der Waals surface area contributed by atoms with Crippen LogP contribution in [-0.2, 0) is 19.1 Å². The lowest BCUT2D eigenvalue weighted by atomic mass is 9.93. The maximum Gasteiger partial charge on any atom is 0.182 e. The molecule has 0 spiro atoms. The number of hydrogen-bond donors (Lipinski definition) is 0. The van der Waals surface area contributed by atoms with Crippen LogP contribution in [0.5, 0.6) is 0 Å². The summed E-state index contributed by atoms with van der Waals surface area (Å²) in [6, 6.07) is 0. The summed E-state index contributed by atoms with van der Waals surface area (Å²) in [5.41, 5.74) is 0.159. The largest absolute Gasteiger partial charge is 0.348 e. The lowest BCUT2D eigenvalue weighted by Gasteiger charge is -2.25. The Labute approximate surface area is 107 Å². The monoisotopic (exact) mass is 250 g/mol. The number of ketones is 2. The zero-order valence-electron chi connectivity index (χ0n) is 11.0. The Morgan fingerprint density at radius 2 is 1.94 bits per heavy atom. The predicted octanol–water partition coefficient (Wildman–Crippen LogP) is 1.94. The lowest BCUT2D eigenvalue weighted by Crippen LogP contribution is -2.31. The van der Waals surface area contributed by atoms with Crippen molar-refractivity contribution in [2.24, 2.45) is 0 Å². The fraction of sp³-hybridized carbons (Fsp3) is 0.571. The molecule has 1 aliphatic carbocycles. The van der Waals surface area contributed by atoms with Crippen molar-refractivity contribution in [1.29, 1.82) is 0 Å². The van der Waals surface area contributed by atoms with Gasteiger partial charge in [-0.3, -0.25) is 9.59 Å². The van der Waals surface area contributed by atoms with Gasteiger partial charge in [0.1, 0.15) is 0 Å². The van der Waals surface area contributed by atoms with Crippen LogP contribution in [0.3, 0.4) is 0 Å². The summed E-state index contributed by atoms with van der Waals surface area (Å²) < 4.78 is 11.4. The molecular formula is C14H18O4. The SMILES string of the molecule is CC1(C)OC[C@](C)(CCC2=CC(=O)C=CC2=O)O1. The quantitative estimate of drug-likeness (QED) is 0.718. The van der Waals surface area contributed by atoms with Gasteiger partial charge in [-0.05, 0) is 51.8 Å². The summed E-state index contributed by atoms with van der Waals surface area (Å²) in [5.74, 6) is -0.787. The van der Waals surface area contributed by atoms with Gasteiger partial charge in [-0.15, -0.1) is 0 Å². The van der Waals surface area contributed by atoms with Crippen molar-refractivity contribution < 1.29 is 19.1 Å². The van der Waals surface area contributed by atoms with Gasteiger partial charge in [-0.25, -0.2) is 0 Å². The Hall–Kier alpha value is -1.26. The Balaban J connectivity index is 1.96. The molecule has 2 rings (SSSR count). The van der Waals surface area contributed by atoms with Crippen LogP contribution in [0.2, 0.25) is 0 Å². The highest BCUT2D eigenvalue weighted by atomic mass is 16.7. The van der Waals surface area contributed by atoms with E-state index in [2.05, 4.69) is 0 Å². The van der Waals surface area contributed by atoms with E-state index in [9.17, 15) is 9.59 Å². The summed E-state index contributed by atoms with van der Waals surface area (Å²) in [6.45, 7) is 6.21. The van der Waals surface area contributed by atoms with E-state index in [0.717, 1.165) is 0 Å². The smallest absolute Gasteiger partial charge is 0.182 e. The highest BCUT2D eigenvalue weighted by Crippen LogP contribution is 2.34. The van der Waals surface area contributed by atoms with Gasteiger partial charge >= 0.3 is 0 Å². The van der Waals surface area contributed by atoms with Crippen LogP contribution in [-0.4, -0.2) is 29.6 Å². The minimum absolute atomic E-state index is 0.0867. The number of hydrogen-bond acceptors (Lipinski definition) is 4. The van der Waals surface area contributed by atoms with E-state index in [0.29, 0.717) is 25.0 Å². The lowest BCUT2D eigenvalue weighted by molar-refractivity contribution is -0.158. The molecule has 18 heavy (non-hydrogen) atoms. The van der Waals surface area contributed by atoms with E-state index >= 15 is 0 Å². The number of allylic oxidation sites excluding steroid dienone is 4. The van der Waals surface area contributed by atoms with E-state index < -0.39 is 11.4 Å². The fourth-order valence-corrected chi connectivity index (χ4v) is 2.25. The molecule has 0 saturated carbocycles. The molecule has 0 amide bonds. The predicted molar refractivity (Wildman–Crippen MR) is 66.0 cm³/mol. The third-order valence-electron chi connectivity index (χ3n) is 3.17. The van der Waals surface area contributed by atoms with E-state index in [-0.39, 0.29) is 11.6 Å². The Kier molecular flexibility index (Phi) is 3.25. The van der Waals surface area contributed by atoms with E-state index in [1.54, 1.807) is 0 Å². The number of rotatable bonds is 3. The number of ether oxygens (including phenoxy) is 2. The molecule has 0 N–H and O–H groups in total. The minimum Gasteiger partial charge on any atom is -0.348 e. The molecule has 1 saturated heterocycles. The third kappa shape index (κ3) is 2.94. The van der Waals surface area contributed by atoms with Crippen LogP contribution in [0, 0.1) is 0 Å². The van der Waals surface area contributed by atoms with E-state index in [1.807, 2.05) is 20.8 Å². The Morgan fingerprint density at radius 3 is 2.56 bits per heavy atom. The summed E-state index contributed by atoms with van der Waals surface area (Å²) in [6.07, 6.45) is 5.23. The second-order valence-corrected chi connectivity index (χ2v) is 5.51. The maximum atomic E-state index is 11.6. The van der Waals surface area contributed by atoms with Crippen LogP contribution in [0.1, 0.15) is 33.6 Å². The fourth-order valence-electron chi connectivity index (χ4n) is 2.25. The molecule has 1 aliphatic heterocycles. The summed E-state index contributed by atoms with van der Waals surface area (Å²) >= 11 is 0. The molecule has 0 aromatic heterocycles. The maximum absolute atomic E-state index is 11.6. The van der Waals surface area contributed by atoms with Crippen molar-refractivity contribution >= 4 is 11.6 Å². The van der Waals surface area contributed by atoms with Crippen molar-refractivity contribution in [2.75, 3.05) is 6.61 Å². The molecule has 1 heterocycles. The first-order valence-corrected chi connectivity index (χ1v) is 6.11. The number of carbonyl (C=O) groups is 2. The second kappa shape index (κ2) is 4.44. The molecule has 0 aromatic rings. The second-order valence-electron chi connectivity index (χ2n) is 5.51. The number of carbonyl (C=O) groups excluding carboxylic acids is 2. The average molecular weight is 250 g/mol. The summed E-state index contributed by atoms with van der Waals surface area (Å²) in [5, 5.41) is 0. The summed E-state index contributed by atoms with van der Waals surface area (Å²) in [4.78, 5) is 22.8. The molecule has 98 valence electrons. The topological polar surface area (TPSA) is 52.6 Å². The van der Waals surface area contributed by atoms with Crippen molar-refractivity contribution in [3.8, 4) is 0 Å². The van der Waals surface area contributed by atoms with Crippen LogP contribution >= 0.6 is 0 Å². The first-order valence-electron chi connectivity index (χ1n) is 6.11. The van der Waals surface area contributed by atoms with Gasteiger partial charge in [0.25, 0.3) is 0 Å². The van der Waals surface area contributed by atoms with E-state index in [1.165, 1.54) is 18.2 Å². The first-order chi connectivity index (χ1) is 8.30.